The van der Waals surface area contributed by atoms with Crippen molar-refractivity contribution in [2.24, 2.45) is 5.92 Å². The van der Waals surface area contributed by atoms with Crippen molar-refractivity contribution in [3.8, 4) is 11.8 Å². The average Bonchev–Trinajstić information content (AvgIpc) is 3.20. The Bertz CT molecular complexity index is 1010. The summed E-state index contributed by atoms with van der Waals surface area (Å²) in [6, 6.07) is 16.7. The first-order chi connectivity index (χ1) is 15.5. The number of aliphatic hydroxyl groups is 2. The van der Waals surface area contributed by atoms with E-state index in [1.165, 1.54) is 5.56 Å². The Morgan fingerprint density at radius 1 is 1.09 bits per heavy atom. The Labute approximate surface area is 190 Å². The zero-order valence-corrected chi connectivity index (χ0v) is 18.7. The highest BCUT2D eigenvalue weighted by Gasteiger charge is 2.44. The molecule has 4 fully saturated rings. The molecule has 4 saturated heterocycles. The maximum absolute atomic E-state index is 11.3. The Hall–Kier alpha value is -2.36. The number of rotatable bonds is 4. The molecule has 0 saturated carbocycles. The molecule has 0 aliphatic carbocycles. The van der Waals surface area contributed by atoms with Gasteiger partial charge in [-0.2, -0.15) is 0 Å². The second-order valence-corrected chi connectivity index (χ2v) is 9.47. The molecule has 4 aliphatic rings. The van der Waals surface area contributed by atoms with Crippen molar-refractivity contribution >= 4 is 5.69 Å². The highest BCUT2D eigenvalue weighted by molar-refractivity contribution is 5.57. The second-order valence-electron chi connectivity index (χ2n) is 9.47. The summed E-state index contributed by atoms with van der Waals surface area (Å²) in [4.78, 5) is 4.50. The van der Waals surface area contributed by atoms with Gasteiger partial charge in [0.25, 0.3) is 0 Å². The summed E-state index contributed by atoms with van der Waals surface area (Å²) >= 11 is 0. The number of benzene rings is 2. The van der Waals surface area contributed by atoms with E-state index in [1.807, 2.05) is 6.07 Å². The van der Waals surface area contributed by atoms with Gasteiger partial charge < -0.3 is 19.8 Å². The number of methoxy groups -OCH3 is 1. The smallest absolute Gasteiger partial charge is 0.141 e. The molecule has 0 aromatic heterocycles. The molecular formula is C27H32N2O3. The van der Waals surface area contributed by atoms with Crippen LogP contribution in [0, 0.1) is 17.8 Å². The number of fused-ring (bicyclic) bond motifs is 3. The van der Waals surface area contributed by atoms with Crippen molar-refractivity contribution < 1.29 is 14.9 Å². The summed E-state index contributed by atoms with van der Waals surface area (Å²) in [6.07, 6.45) is 2.18. The first kappa shape index (κ1) is 21.5. The highest BCUT2D eigenvalue weighted by atomic mass is 16.5. The first-order valence-electron chi connectivity index (χ1n) is 11.6. The van der Waals surface area contributed by atoms with Crippen LogP contribution < -0.4 is 4.90 Å². The molecule has 0 unspecified atom stereocenters. The van der Waals surface area contributed by atoms with Crippen molar-refractivity contribution in [2.75, 3.05) is 44.7 Å². The fourth-order valence-corrected chi connectivity index (χ4v) is 5.42. The van der Waals surface area contributed by atoms with Gasteiger partial charge in [0.1, 0.15) is 11.7 Å². The van der Waals surface area contributed by atoms with E-state index >= 15 is 0 Å². The first-order valence-corrected chi connectivity index (χ1v) is 11.6. The van der Waals surface area contributed by atoms with E-state index in [0.717, 1.165) is 49.2 Å². The lowest BCUT2D eigenvalue weighted by Gasteiger charge is -2.47. The Balaban J connectivity index is 1.46. The third-order valence-corrected chi connectivity index (χ3v) is 7.37. The van der Waals surface area contributed by atoms with E-state index in [-0.39, 0.29) is 12.0 Å². The lowest BCUT2D eigenvalue weighted by Crippen LogP contribution is -2.58. The van der Waals surface area contributed by atoms with Crippen molar-refractivity contribution in [1.29, 1.82) is 0 Å². The van der Waals surface area contributed by atoms with Crippen LogP contribution in [0.3, 0.4) is 0 Å². The number of β-amino-alcohol motifs (C(OH)–C–C–N with tert-alkyl or cyclic N) is 1. The molecule has 3 atom stereocenters. The van der Waals surface area contributed by atoms with Crippen LogP contribution in [0.15, 0.2) is 48.5 Å². The Morgan fingerprint density at radius 2 is 1.88 bits per heavy atom. The normalized spacial score (nSPS) is 31.4. The van der Waals surface area contributed by atoms with Gasteiger partial charge in [-0.15, -0.1) is 0 Å². The zero-order chi connectivity index (χ0) is 22.1. The van der Waals surface area contributed by atoms with E-state index in [2.05, 4.69) is 64.1 Å². The SMILES string of the molecule is CO[C@H]1CN(c2ccc(C#C[C@@]3(O)CN4CCC3CC4)c(Cc3ccccc3)c2)C[C@H]1O. The maximum atomic E-state index is 11.3. The number of hydrogen-bond donors (Lipinski definition) is 2. The van der Waals surface area contributed by atoms with Gasteiger partial charge in [-0.3, -0.25) is 4.90 Å². The largest absolute Gasteiger partial charge is 0.388 e. The molecule has 0 amide bonds. The topological polar surface area (TPSA) is 56.2 Å². The average molecular weight is 433 g/mol. The van der Waals surface area contributed by atoms with Crippen molar-refractivity contribution in [2.45, 2.75) is 37.1 Å². The van der Waals surface area contributed by atoms with Gasteiger partial charge in [0.05, 0.1) is 6.10 Å². The molecular weight excluding hydrogens is 400 g/mol. The summed E-state index contributed by atoms with van der Waals surface area (Å²) in [6.45, 7) is 4.04. The van der Waals surface area contributed by atoms with E-state index < -0.39 is 11.7 Å². The number of aliphatic hydroxyl groups excluding tert-OH is 1. The summed E-state index contributed by atoms with van der Waals surface area (Å²) in [5.74, 6) is 6.90. The molecule has 0 radical (unpaired) electrons. The van der Waals surface area contributed by atoms with Crippen molar-refractivity contribution in [3.05, 3.63) is 65.2 Å². The molecule has 4 aliphatic heterocycles. The summed E-state index contributed by atoms with van der Waals surface area (Å²) in [5, 5.41) is 21.5. The molecule has 2 aromatic carbocycles. The van der Waals surface area contributed by atoms with Crippen LogP contribution in [0.4, 0.5) is 5.69 Å². The van der Waals surface area contributed by atoms with Gasteiger partial charge in [-0.25, -0.2) is 0 Å². The molecule has 2 N–H and O–H groups in total. The van der Waals surface area contributed by atoms with E-state index in [1.54, 1.807) is 7.11 Å². The van der Waals surface area contributed by atoms with Gasteiger partial charge in [0.15, 0.2) is 0 Å². The molecule has 2 aromatic rings. The number of ether oxygens (including phenoxy) is 1. The number of piperidine rings is 3. The quantitative estimate of drug-likeness (QED) is 0.726. The lowest BCUT2D eigenvalue weighted by atomic mass is 9.75. The van der Waals surface area contributed by atoms with Crippen LogP contribution in [-0.4, -0.2) is 72.8 Å². The maximum Gasteiger partial charge on any atom is 0.141 e. The molecule has 4 heterocycles. The Kier molecular flexibility index (Phi) is 5.96. The molecule has 0 spiro atoms. The molecule has 2 bridgehead atoms. The van der Waals surface area contributed by atoms with E-state index in [9.17, 15) is 10.2 Å². The van der Waals surface area contributed by atoms with Crippen LogP contribution in [0.5, 0.6) is 0 Å². The minimum atomic E-state index is -0.913. The number of hydrogen-bond acceptors (Lipinski definition) is 5. The second kappa shape index (κ2) is 8.88. The van der Waals surface area contributed by atoms with Gasteiger partial charge in [0.2, 0.25) is 0 Å². The zero-order valence-electron chi connectivity index (χ0n) is 18.7. The monoisotopic (exact) mass is 432 g/mol. The minimum absolute atomic E-state index is 0.169. The summed E-state index contributed by atoms with van der Waals surface area (Å²) in [7, 11) is 1.65. The predicted octanol–water partition coefficient (Wildman–Crippen LogP) is 2.28. The fraction of sp³-hybridized carbons (Fsp3) is 0.481. The fourth-order valence-electron chi connectivity index (χ4n) is 5.42. The van der Waals surface area contributed by atoms with E-state index in [0.29, 0.717) is 19.6 Å². The van der Waals surface area contributed by atoms with Gasteiger partial charge >= 0.3 is 0 Å². The molecule has 5 heteroatoms. The standard InChI is InChI=1S/C27H32N2O3/c1-32-26-18-29(17-25(26)30)24-8-7-21(22(16-24)15-20-5-3-2-4-6-20)9-12-27(31)19-28-13-10-23(27)11-14-28/h2-8,16,23,25-26,30-31H,10-11,13-15,17-19H2,1H3/t25-,26+,27-/m1/s1. The van der Waals surface area contributed by atoms with Crippen molar-refractivity contribution in [1.82, 2.24) is 4.90 Å². The third-order valence-electron chi connectivity index (χ3n) is 7.37. The van der Waals surface area contributed by atoms with Crippen LogP contribution >= 0.6 is 0 Å². The predicted molar refractivity (Wildman–Crippen MR) is 126 cm³/mol. The third kappa shape index (κ3) is 4.29. The van der Waals surface area contributed by atoms with Gasteiger partial charge in [0, 0.05) is 43.9 Å². The Morgan fingerprint density at radius 3 is 2.53 bits per heavy atom. The van der Waals surface area contributed by atoms with Crippen LogP contribution in [-0.2, 0) is 11.2 Å². The van der Waals surface area contributed by atoms with Crippen molar-refractivity contribution in [3.63, 3.8) is 0 Å². The number of nitrogens with zero attached hydrogens (tertiary/aromatic N) is 2. The van der Waals surface area contributed by atoms with Crippen LogP contribution in [0.2, 0.25) is 0 Å². The molecule has 6 rings (SSSR count). The number of anilines is 1. The summed E-state index contributed by atoms with van der Waals surface area (Å²) < 4.78 is 5.42. The molecule has 32 heavy (non-hydrogen) atoms. The summed E-state index contributed by atoms with van der Waals surface area (Å²) in [5.41, 5.74) is 3.49. The molecule has 168 valence electrons. The molecule has 5 nitrogen and oxygen atoms in total. The van der Waals surface area contributed by atoms with E-state index in [4.69, 9.17) is 4.74 Å². The minimum Gasteiger partial charge on any atom is -0.388 e. The van der Waals surface area contributed by atoms with Crippen LogP contribution in [0.1, 0.15) is 29.5 Å². The lowest BCUT2D eigenvalue weighted by molar-refractivity contribution is -0.0713. The van der Waals surface area contributed by atoms with Crippen LogP contribution in [0.25, 0.3) is 0 Å². The highest BCUT2D eigenvalue weighted by Crippen LogP contribution is 2.35. The van der Waals surface area contributed by atoms with Gasteiger partial charge in [-0.1, -0.05) is 42.2 Å². The van der Waals surface area contributed by atoms with Gasteiger partial charge in [-0.05, 0) is 61.7 Å².